The van der Waals surface area contributed by atoms with E-state index >= 15 is 0 Å². The Bertz CT molecular complexity index is 317. The first-order valence-corrected chi connectivity index (χ1v) is 4.96. The molecule has 0 saturated carbocycles. The largest absolute Gasteiger partial charge is 0.469 e. The number of aryl methyl sites for hydroxylation is 1. The highest BCUT2D eigenvalue weighted by Gasteiger charge is 2.01. The molecule has 0 fully saturated rings. The van der Waals surface area contributed by atoms with Gasteiger partial charge in [0.1, 0.15) is 0 Å². The molecule has 1 aromatic carbocycles. The van der Waals surface area contributed by atoms with Gasteiger partial charge in [0.2, 0.25) is 0 Å². The molecule has 15 heavy (non-hydrogen) atoms. The second kappa shape index (κ2) is 5.39. The second-order valence-electron chi connectivity index (χ2n) is 3.64. The van der Waals surface area contributed by atoms with Crippen molar-refractivity contribution in [1.29, 1.82) is 0 Å². The molecular weight excluding hydrogens is 190 g/mol. The number of benzene rings is 1. The van der Waals surface area contributed by atoms with Crippen LogP contribution in [0.25, 0.3) is 0 Å². The maximum absolute atomic E-state index is 10.9. The fourth-order valence-electron chi connectivity index (χ4n) is 1.31. The summed E-state index contributed by atoms with van der Waals surface area (Å²) in [7, 11) is 5.42. The summed E-state index contributed by atoms with van der Waals surface area (Å²) in [5.74, 6) is -0.160. The zero-order valence-corrected chi connectivity index (χ0v) is 9.49. The average Bonchev–Trinajstić information content (AvgIpc) is 2.26. The second-order valence-corrected chi connectivity index (χ2v) is 3.64. The Morgan fingerprint density at radius 1 is 1.27 bits per heavy atom. The molecule has 1 rings (SSSR count). The zero-order valence-electron chi connectivity index (χ0n) is 9.49. The van der Waals surface area contributed by atoms with E-state index in [2.05, 4.69) is 4.74 Å². The maximum Gasteiger partial charge on any atom is 0.305 e. The highest BCUT2D eigenvalue weighted by molar-refractivity contribution is 5.69. The molecule has 0 heterocycles. The van der Waals surface area contributed by atoms with Crippen LogP contribution >= 0.6 is 0 Å². The summed E-state index contributed by atoms with van der Waals surface area (Å²) in [6.45, 7) is 0. The molecule has 0 aliphatic rings. The van der Waals surface area contributed by atoms with Crippen molar-refractivity contribution in [2.45, 2.75) is 12.8 Å². The molecule has 0 spiro atoms. The Balaban J connectivity index is 2.53. The number of hydrogen-bond donors (Lipinski definition) is 0. The topological polar surface area (TPSA) is 29.5 Å². The van der Waals surface area contributed by atoms with Crippen LogP contribution in [-0.2, 0) is 16.0 Å². The predicted octanol–water partition coefficient (Wildman–Crippen LogP) is 1.86. The first-order chi connectivity index (χ1) is 7.13. The maximum atomic E-state index is 10.9. The van der Waals surface area contributed by atoms with Crippen molar-refractivity contribution in [3.8, 4) is 0 Å². The summed E-state index contributed by atoms with van der Waals surface area (Å²) < 4.78 is 4.59. The molecule has 0 N–H and O–H groups in total. The minimum Gasteiger partial charge on any atom is -0.469 e. The molecule has 0 atom stereocenters. The van der Waals surface area contributed by atoms with E-state index in [1.165, 1.54) is 7.11 Å². The third-order valence-electron chi connectivity index (χ3n) is 2.30. The lowest BCUT2D eigenvalue weighted by Crippen LogP contribution is -2.08. The first-order valence-electron chi connectivity index (χ1n) is 4.96. The molecule has 0 amide bonds. The number of anilines is 1. The van der Waals surface area contributed by atoms with Gasteiger partial charge in [0.05, 0.1) is 7.11 Å². The van der Waals surface area contributed by atoms with E-state index in [1.807, 2.05) is 43.3 Å². The van der Waals surface area contributed by atoms with Crippen LogP contribution in [0.4, 0.5) is 5.69 Å². The highest BCUT2D eigenvalue weighted by atomic mass is 16.5. The first kappa shape index (κ1) is 11.6. The van der Waals surface area contributed by atoms with E-state index in [0.29, 0.717) is 6.42 Å². The Labute approximate surface area is 90.7 Å². The van der Waals surface area contributed by atoms with Crippen molar-refractivity contribution in [2.75, 3.05) is 26.1 Å². The van der Waals surface area contributed by atoms with Crippen LogP contribution < -0.4 is 4.90 Å². The van der Waals surface area contributed by atoms with E-state index in [-0.39, 0.29) is 5.97 Å². The van der Waals surface area contributed by atoms with Gasteiger partial charge < -0.3 is 9.64 Å². The smallest absolute Gasteiger partial charge is 0.305 e. The standard InChI is InChI=1S/C12H17NO2/c1-13(2)11-7-4-10(5-8-11)6-9-12(14)15-3/h4-5,7-8H,6,9H2,1-3H3. The van der Waals surface area contributed by atoms with Gasteiger partial charge in [-0.05, 0) is 24.1 Å². The molecule has 0 unspecified atom stereocenters. The van der Waals surface area contributed by atoms with Crippen molar-refractivity contribution in [3.63, 3.8) is 0 Å². The minimum atomic E-state index is -0.160. The summed E-state index contributed by atoms with van der Waals surface area (Å²) in [6, 6.07) is 8.18. The minimum absolute atomic E-state index is 0.160. The van der Waals surface area contributed by atoms with Crippen LogP contribution in [0.3, 0.4) is 0 Å². The Kier molecular flexibility index (Phi) is 4.16. The van der Waals surface area contributed by atoms with E-state index in [0.717, 1.165) is 17.7 Å². The lowest BCUT2D eigenvalue weighted by molar-refractivity contribution is -0.140. The van der Waals surface area contributed by atoms with Crippen molar-refractivity contribution in [3.05, 3.63) is 29.8 Å². The number of carbonyl (C=O) groups is 1. The lowest BCUT2D eigenvalue weighted by atomic mass is 10.1. The number of ether oxygens (including phenoxy) is 1. The molecule has 0 aromatic heterocycles. The van der Waals surface area contributed by atoms with Crippen molar-refractivity contribution >= 4 is 11.7 Å². The highest BCUT2D eigenvalue weighted by Crippen LogP contribution is 2.13. The van der Waals surface area contributed by atoms with Crippen LogP contribution in [-0.4, -0.2) is 27.2 Å². The number of methoxy groups -OCH3 is 1. The van der Waals surface area contributed by atoms with Gasteiger partial charge >= 0.3 is 5.97 Å². The molecule has 0 saturated heterocycles. The summed E-state index contributed by atoms with van der Waals surface area (Å²) in [5.41, 5.74) is 2.32. The van der Waals surface area contributed by atoms with E-state index < -0.39 is 0 Å². The Hall–Kier alpha value is -1.51. The summed E-state index contributed by atoms with van der Waals surface area (Å²) in [6.07, 6.45) is 1.18. The van der Waals surface area contributed by atoms with Gasteiger partial charge in [-0.1, -0.05) is 12.1 Å². The number of carbonyl (C=O) groups excluding carboxylic acids is 1. The van der Waals surface area contributed by atoms with Crippen LogP contribution in [0.5, 0.6) is 0 Å². The van der Waals surface area contributed by atoms with Gasteiger partial charge in [0.15, 0.2) is 0 Å². The molecule has 1 aromatic rings. The van der Waals surface area contributed by atoms with Gasteiger partial charge in [0.25, 0.3) is 0 Å². The van der Waals surface area contributed by atoms with Crippen LogP contribution in [0.15, 0.2) is 24.3 Å². The van der Waals surface area contributed by atoms with Crippen LogP contribution in [0.2, 0.25) is 0 Å². The van der Waals surface area contributed by atoms with Gasteiger partial charge in [0, 0.05) is 26.2 Å². The molecule has 0 bridgehead atoms. The van der Waals surface area contributed by atoms with E-state index in [1.54, 1.807) is 0 Å². The molecule has 82 valence electrons. The SMILES string of the molecule is COC(=O)CCc1ccc(N(C)C)cc1. The summed E-state index contributed by atoms with van der Waals surface area (Å²) in [4.78, 5) is 13.0. The van der Waals surface area contributed by atoms with E-state index in [9.17, 15) is 4.79 Å². The Morgan fingerprint density at radius 3 is 2.33 bits per heavy atom. The Morgan fingerprint density at radius 2 is 1.87 bits per heavy atom. The molecule has 0 aliphatic carbocycles. The van der Waals surface area contributed by atoms with Crippen LogP contribution in [0, 0.1) is 0 Å². The monoisotopic (exact) mass is 207 g/mol. The van der Waals surface area contributed by atoms with E-state index in [4.69, 9.17) is 0 Å². The summed E-state index contributed by atoms with van der Waals surface area (Å²) in [5, 5.41) is 0. The van der Waals surface area contributed by atoms with Gasteiger partial charge in [-0.3, -0.25) is 4.79 Å². The number of nitrogens with zero attached hydrogens (tertiary/aromatic N) is 1. The molecule has 0 radical (unpaired) electrons. The van der Waals surface area contributed by atoms with Crippen molar-refractivity contribution < 1.29 is 9.53 Å². The van der Waals surface area contributed by atoms with Crippen LogP contribution in [0.1, 0.15) is 12.0 Å². The number of rotatable bonds is 4. The zero-order chi connectivity index (χ0) is 11.3. The number of hydrogen-bond acceptors (Lipinski definition) is 3. The lowest BCUT2D eigenvalue weighted by Gasteiger charge is -2.12. The fourth-order valence-corrected chi connectivity index (χ4v) is 1.31. The molecular formula is C12H17NO2. The molecule has 0 aliphatic heterocycles. The van der Waals surface area contributed by atoms with Gasteiger partial charge in [-0.2, -0.15) is 0 Å². The third kappa shape index (κ3) is 3.62. The normalized spacial score (nSPS) is 9.80. The number of esters is 1. The van der Waals surface area contributed by atoms with Crippen molar-refractivity contribution in [1.82, 2.24) is 0 Å². The molecule has 3 nitrogen and oxygen atoms in total. The summed E-state index contributed by atoms with van der Waals surface area (Å²) >= 11 is 0. The predicted molar refractivity (Wildman–Crippen MR) is 61.1 cm³/mol. The fraction of sp³-hybridized carbons (Fsp3) is 0.417. The van der Waals surface area contributed by atoms with Crippen molar-refractivity contribution in [2.24, 2.45) is 0 Å². The third-order valence-corrected chi connectivity index (χ3v) is 2.30. The van der Waals surface area contributed by atoms with Gasteiger partial charge in [-0.25, -0.2) is 0 Å². The average molecular weight is 207 g/mol. The molecule has 3 heteroatoms. The van der Waals surface area contributed by atoms with Gasteiger partial charge in [-0.15, -0.1) is 0 Å². The quantitative estimate of drug-likeness (QED) is 0.706.